The van der Waals surface area contributed by atoms with E-state index in [1.807, 2.05) is 0 Å². The highest BCUT2D eigenvalue weighted by atomic mass is 16.6. The van der Waals surface area contributed by atoms with Crippen LogP contribution >= 0.6 is 0 Å². The molecule has 0 aliphatic carbocycles. The molecule has 0 unspecified atom stereocenters. The average Bonchev–Trinajstić information content (AvgIpc) is 3.28. The number of esters is 3. The second-order valence-corrected chi connectivity index (χ2v) is 18.8. The molecule has 0 aliphatic heterocycles. The first-order valence-electron chi connectivity index (χ1n) is 27.8. The Morgan fingerprint density at radius 3 is 0.841 bits per heavy atom. The van der Waals surface area contributed by atoms with E-state index in [0.29, 0.717) is 19.3 Å². The SMILES string of the molecule is CCCC/C=C\CCCCCCCC(=O)O[C@H](COC(=O)CCCCCCCCC/C=C\CCCCCCCC)COC(=O)CCCCCCCCCCCCCCCCCCC. The molecule has 6 heteroatoms. The fourth-order valence-corrected chi connectivity index (χ4v) is 8.18. The molecule has 0 fully saturated rings. The van der Waals surface area contributed by atoms with Crippen LogP contribution in [0.25, 0.3) is 0 Å². The molecule has 0 aromatic rings. The molecule has 0 aromatic carbocycles. The van der Waals surface area contributed by atoms with Gasteiger partial charge >= 0.3 is 17.9 Å². The number of allylic oxidation sites excluding steroid dienone is 4. The maximum atomic E-state index is 12.8. The van der Waals surface area contributed by atoms with Crippen molar-refractivity contribution in [3.8, 4) is 0 Å². The van der Waals surface area contributed by atoms with Gasteiger partial charge in [0.2, 0.25) is 0 Å². The van der Waals surface area contributed by atoms with Crippen molar-refractivity contribution in [3.05, 3.63) is 24.3 Å². The van der Waals surface area contributed by atoms with Gasteiger partial charge in [-0.25, -0.2) is 0 Å². The molecular formula is C57H106O6. The zero-order chi connectivity index (χ0) is 45.8. The van der Waals surface area contributed by atoms with Crippen molar-refractivity contribution in [2.75, 3.05) is 13.2 Å². The van der Waals surface area contributed by atoms with Gasteiger partial charge in [0, 0.05) is 19.3 Å². The topological polar surface area (TPSA) is 78.9 Å². The summed E-state index contributed by atoms with van der Waals surface area (Å²) in [7, 11) is 0. The Labute approximate surface area is 392 Å². The number of ether oxygens (including phenoxy) is 3. The molecule has 1 atom stereocenters. The second kappa shape index (κ2) is 52.5. The van der Waals surface area contributed by atoms with Gasteiger partial charge in [0.25, 0.3) is 0 Å². The van der Waals surface area contributed by atoms with Crippen molar-refractivity contribution in [2.24, 2.45) is 0 Å². The first kappa shape index (κ1) is 60.9. The quantitative estimate of drug-likeness (QED) is 0.0262. The molecule has 370 valence electrons. The Bertz CT molecular complexity index is 1020. The summed E-state index contributed by atoms with van der Waals surface area (Å²) in [5, 5.41) is 0. The van der Waals surface area contributed by atoms with Crippen molar-refractivity contribution in [2.45, 2.75) is 309 Å². The predicted octanol–water partition coefficient (Wildman–Crippen LogP) is 18.3. The van der Waals surface area contributed by atoms with E-state index in [2.05, 4.69) is 45.1 Å². The molecule has 0 saturated heterocycles. The number of carbonyl (C=O) groups is 3. The fraction of sp³-hybridized carbons (Fsp3) is 0.877. The Balaban J connectivity index is 4.29. The van der Waals surface area contributed by atoms with Crippen molar-refractivity contribution in [3.63, 3.8) is 0 Å². The summed E-state index contributed by atoms with van der Waals surface area (Å²) >= 11 is 0. The highest BCUT2D eigenvalue weighted by Crippen LogP contribution is 2.16. The molecule has 63 heavy (non-hydrogen) atoms. The zero-order valence-corrected chi connectivity index (χ0v) is 42.4. The van der Waals surface area contributed by atoms with Crippen LogP contribution in [0.3, 0.4) is 0 Å². The largest absolute Gasteiger partial charge is 0.462 e. The average molecular weight is 887 g/mol. The van der Waals surface area contributed by atoms with Gasteiger partial charge < -0.3 is 14.2 Å². The molecule has 0 amide bonds. The van der Waals surface area contributed by atoms with E-state index in [1.54, 1.807) is 0 Å². The molecule has 0 spiro atoms. The number of unbranched alkanes of at least 4 members (excludes halogenated alkanes) is 36. The highest BCUT2D eigenvalue weighted by molar-refractivity contribution is 5.71. The van der Waals surface area contributed by atoms with Crippen LogP contribution in [-0.2, 0) is 28.6 Å². The number of rotatable bonds is 51. The van der Waals surface area contributed by atoms with E-state index < -0.39 is 6.10 Å². The van der Waals surface area contributed by atoms with Crippen molar-refractivity contribution >= 4 is 17.9 Å². The lowest BCUT2D eigenvalue weighted by atomic mass is 10.0. The molecule has 0 bridgehead atoms. The lowest BCUT2D eigenvalue weighted by molar-refractivity contribution is -0.167. The van der Waals surface area contributed by atoms with E-state index in [9.17, 15) is 14.4 Å². The van der Waals surface area contributed by atoms with E-state index in [-0.39, 0.29) is 31.1 Å². The van der Waals surface area contributed by atoms with Gasteiger partial charge in [0.1, 0.15) is 13.2 Å². The Kier molecular flexibility index (Phi) is 50.8. The van der Waals surface area contributed by atoms with E-state index >= 15 is 0 Å². The Morgan fingerprint density at radius 1 is 0.302 bits per heavy atom. The summed E-state index contributed by atoms with van der Waals surface area (Å²) in [6.07, 6.45) is 60.2. The summed E-state index contributed by atoms with van der Waals surface area (Å²) in [5.74, 6) is -0.870. The molecule has 6 nitrogen and oxygen atoms in total. The zero-order valence-electron chi connectivity index (χ0n) is 42.4. The summed E-state index contributed by atoms with van der Waals surface area (Å²) in [4.78, 5) is 38.0. The van der Waals surface area contributed by atoms with Gasteiger partial charge in [-0.3, -0.25) is 14.4 Å². The molecule has 0 rings (SSSR count). The predicted molar refractivity (Wildman–Crippen MR) is 270 cm³/mol. The lowest BCUT2D eigenvalue weighted by Gasteiger charge is -2.18. The van der Waals surface area contributed by atoms with E-state index in [1.165, 1.54) is 199 Å². The molecular weight excluding hydrogens is 781 g/mol. The van der Waals surface area contributed by atoms with Gasteiger partial charge in [-0.15, -0.1) is 0 Å². The van der Waals surface area contributed by atoms with Crippen LogP contribution in [0.1, 0.15) is 303 Å². The lowest BCUT2D eigenvalue weighted by Crippen LogP contribution is -2.30. The minimum absolute atomic E-state index is 0.0719. The summed E-state index contributed by atoms with van der Waals surface area (Å²) in [6.45, 7) is 6.63. The number of hydrogen-bond donors (Lipinski definition) is 0. The molecule has 0 saturated carbocycles. The third-order valence-corrected chi connectivity index (χ3v) is 12.4. The van der Waals surface area contributed by atoms with Crippen LogP contribution in [-0.4, -0.2) is 37.2 Å². The van der Waals surface area contributed by atoms with E-state index in [4.69, 9.17) is 14.2 Å². The normalized spacial score (nSPS) is 12.1. The minimum Gasteiger partial charge on any atom is -0.462 e. The molecule has 0 N–H and O–H groups in total. The standard InChI is InChI=1S/C57H106O6/c1-4-7-10-13-16-19-22-24-26-28-30-32-35-37-40-43-46-49-55(58)61-52-54(63-57(60)51-48-45-42-39-34-21-18-15-12-9-6-3)53-62-56(59)50-47-44-41-38-36-33-31-29-27-25-23-20-17-14-11-8-5-2/h15,18,24,26,54H,4-14,16-17,19-23,25,27-53H2,1-3H3/b18-15-,26-24-/t54-/m1/s1. The van der Waals surface area contributed by atoms with Gasteiger partial charge in [0.05, 0.1) is 0 Å². The van der Waals surface area contributed by atoms with Gasteiger partial charge in [-0.1, -0.05) is 244 Å². The maximum absolute atomic E-state index is 12.8. The van der Waals surface area contributed by atoms with Crippen LogP contribution in [0.2, 0.25) is 0 Å². The summed E-state index contributed by atoms with van der Waals surface area (Å²) in [6, 6.07) is 0. The minimum atomic E-state index is -0.772. The number of carbonyl (C=O) groups excluding carboxylic acids is 3. The van der Waals surface area contributed by atoms with Crippen molar-refractivity contribution in [1.82, 2.24) is 0 Å². The number of hydrogen-bond acceptors (Lipinski definition) is 6. The first-order valence-corrected chi connectivity index (χ1v) is 27.8. The third kappa shape index (κ3) is 50.7. The fourth-order valence-electron chi connectivity index (χ4n) is 8.18. The first-order chi connectivity index (χ1) is 31.0. The van der Waals surface area contributed by atoms with Crippen LogP contribution < -0.4 is 0 Å². The van der Waals surface area contributed by atoms with Crippen LogP contribution in [0.15, 0.2) is 24.3 Å². The molecule has 0 aliphatic rings. The maximum Gasteiger partial charge on any atom is 0.306 e. The molecule has 0 aromatic heterocycles. The smallest absolute Gasteiger partial charge is 0.306 e. The third-order valence-electron chi connectivity index (χ3n) is 12.4. The van der Waals surface area contributed by atoms with E-state index in [0.717, 1.165) is 64.2 Å². The van der Waals surface area contributed by atoms with Crippen LogP contribution in [0.5, 0.6) is 0 Å². The van der Waals surface area contributed by atoms with Gasteiger partial charge in [0.15, 0.2) is 6.10 Å². The van der Waals surface area contributed by atoms with Crippen LogP contribution in [0.4, 0.5) is 0 Å². The Hall–Kier alpha value is -2.11. The summed E-state index contributed by atoms with van der Waals surface area (Å²) < 4.78 is 16.8. The van der Waals surface area contributed by atoms with Gasteiger partial charge in [-0.2, -0.15) is 0 Å². The van der Waals surface area contributed by atoms with Crippen molar-refractivity contribution < 1.29 is 28.6 Å². The molecule has 0 heterocycles. The Morgan fingerprint density at radius 2 is 0.540 bits per heavy atom. The second-order valence-electron chi connectivity index (χ2n) is 18.8. The van der Waals surface area contributed by atoms with Crippen LogP contribution in [0, 0.1) is 0 Å². The monoisotopic (exact) mass is 887 g/mol. The van der Waals surface area contributed by atoms with Crippen molar-refractivity contribution in [1.29, 1.82) is 0 Å². The molecule has 0 radical (unpaired) electrons. The highest BCUT2D eigenvalue weighted by Gasteiger charge is 2.19. The van der Waals surface area contributed by atoms with Gasteiger partial charge in [-0.05, 0) is 64.2 Å². The summed E-state index contributed by atoms with van der Waals surface area (Å²) in [5.41, 5.74) is 0.